The van der Waals surface area contributed by atoms with Crippen LogP contribution in [0.2, 0.25) is 0 Å². The van der Waals surface area contributed by atoms with Crippen LogP contribution >= 0.6 is 11.3 Å². The Balaban J connectivity index is 1.56. The maximum Gasteiger partial charge on any atom is 0.222 e. The number of aromatic nitrogens is 2. The Morgan fingerprint density at radius 2 is 2.41 bits per heavy atom. The third-order valence-electron chi connectivity index (χ3n) is 4.07. The lowest BCUT2D eigenvalue weighted by Crippen LogP contribution is -2.39. The van der Waals surface area contributed by atoms with E-state index < -0.39 is 0 Å². The fraction of sp³-hybridized carbons (Fsp3) is 0.471. The van der Waals surface area contributed by atoms with Crippen LogP contribution in [0.15, 0.2) is 29.9 Å². The maximum absolute atomic E-state index is 12.3. The molecule has 0 spiro atoms. The normalized spacial score (nSPS) is 18.4. The van der Waals surface area contributed by atoms with E-state index in [0.29, 0.717) is 12.3 Å². The van der Waals surface area contributed by atoms with Crippen molar-refractivity contribution in [3.63, 3.8) is 0 Å². The summed E-state index contributed by atoms with van der Waals surface area (Å²) in [4.78, 5) is 23.0. The number of rotatable bonds is 4. The van der Waals surface area contributed by atoms with Crippen LogP contribution in [-0.2, 0) is 11.2 Å². The van der Waals surface area contributed by atoms with Crippen LogP contribution in [0, 0.1) is 5.92 Å². The lowest BCUT2D eigenvalue weighted by atomic mass is 10.00. The van der Waals surface area contributed by atoms with Crippen molar-refractivity contribution in [3.05, 3.63) is 34.9 Å². The smallest absolute Gasteiger partial charge is 0.222 e. The van der Waals surface area contributed by atoms with Gasteiger partial charge in [0.1, 0.15) is 0 Å². The number of carbonyl (C=O) groups is 1. The van der Waals surface area contributed by atoms with Gasteiger partial charge in [-0.2, -0.15) is 0 Å². The van der Waals surface area contributed by atoms with Gasteiger partial charge in [-0.05, 0) is 30.9 Å². The van der Waals surface area contributed by atoms with E-state index in [9.17, 15) is 4.79 Å². The van der Waals surface area contributed by atoms with Crippen LogP contribution in [-0.4, -0.2) is 33.9 Å². The number of nitrogens with zero attached hydrogens (tertiary/aromatic N) is 3. The van der Waals surface area contributed by atoms with E-state index in [2.05, 4.69) is 16.9 Å². The van der Waals surface area contributed by atoms with Crippen molar-refractivity contribution in [2.24, 2.45) is 5.92 Å². The summed E-state index contributed by atoms with van der Waals surface area (Å²) in [7, 11) is 0. The molecule has 0 aliphatic carbocycles. The van der Waals surface area contributed by atoms with Crippen molar-refractivity contribution >= 4 is 17.2 Å². The molecule has 3 rings (SSSR count). The van der Waals surface area contributed by atoms with Gasteiger partial charge in [0.2, 0.25) is 5.91 Å². The van der Waals surface area contributed by atoms with E-state index in [1.54, 1.807) is 17.5 Å². The van der Waals surface area contributed by atoms with E-state index >= 15 is 0 Å². The molecule has 1 saturated heterocycles. The Bertz CT molecular complexity index is 626. The summed E-state index contributed by atoms with van der Waals surface area (Å²) in [5.41, 5.74) is 1.98. The van der Waals surface area contributed by atoms with Crippen LogP contribution in [0.4, 0.5) is 0 Å². The molecule has 0 radical (unpaired) electrons. The van der Waals surface area contributed by atoms with E-state index in [0.717, 1.165) is 42.2 Å². The van der Waals surface area contributed by atoms with Gasteiger partial charge < -0.3 is 4.90 Å². The first-order chi connectivity index (χ1) is 10.7. The lowest BCUT2D eigenvalue weighted by Gasteiger charge is -2.30. The molecule has 4 nitrogen and oxygen atoms in total. The Hall–Kier alpha value is -1.75. The Labute approximate surface area is 135 Å². The predicted octanol–water partition coefficient (Wildman–Crippen LogP) is 3.40. The van der Waals surface area contributed by atoms with Gasteiger partial charge in [-0.3, -0.25) is 9.78 Å². The highest BCUT2D eigenvalue weighted by atomic mass is 32.1. The molecular formula is C17H21N3OS. The molecule has 0 bridgehead atoms. The highest BCUT2D eigenvalue weighted by Crippen LogP contribution is 2.22. The van der Waals surface area contributed by atoms with Crippen LogP contribution < -0.4 is 0 Å². The molecule has 1 amide bonds. The Morgan fingerprint density at radius 3 is 3.18 bits per heavy atom. The average Bonchev–Trinajstić information content (AvgIpc) is 3.02. The first-order valence-corrected chi connectivity index (χ1v) is 8.73. The summed E-state index contributed by atoms with van der Waals surface area (Å²) >= 11 is 1.62. The highest BCUT2D eigenvalue weighted by molar-refractivity contribution is 7.09. The number of amides is 1. The number of thiazole rings is 1. The van der Waals surface area contributed by atoms with Crippen molar-refractivity contribution in [2.75, 3.05) is 13.1 Å². The topological polar surface area (TPSA) is 46.1 Å². The zero-order chi connectivity index (χ0) is 15.4. The van der Waals surface area contributed by atoms with Crippen LogP contribution in [0.5, 0.6) is 0 Å². The second kappa shape index (κ2) is 7.01. The van der Waals surface area contributed by atoms with E-state index in [-0.39, 0.29) is 5.91 Å². The number of carbonyl (C=O) groups excluding carboxylic acids is 1. The van der Waals surface area contributed by atoms with Crippen molar-refractivity contribution < 1.29 is 4.79 Å². The molecule has 116 valence electrons. The van der Waals surface area contributed by atoms with Gasteiger partial charge in [0.25, 0.3) is 0 Å². The third kappa shape index (κ3) is 3.71. The fourth-order valence-corrected chi connectivity index (χ4v) is 3.67. The Kier molecular flexibility index (Phi) is 4.83. The summed E-state index contributed by atoms with van der Waals surface area (Å²) in [6, 6.07) is 3.92. The number of pyridine rings is 1. The second-order valence-corrected chi connectivity index (χ2v) is 6.90. The minimum Gasteiger partial charge on any atom is -0.342 e. The summed E-state index contributed by atoms with van der Waals surface area (Å²) in [5.74, 6) is 0.902. The molecule has 1 unspecified atom stereocenters. The summed E-state index contributed by atoms with van der Waals surface area (Å²) < 4.78 is 0. The molecule has 1 aliphatic rings. The first kappa shape index (κ1) is 15.2. The second-order valence-electron chi connectivity index (χ2n) is 5.96. The fourth-order valence-electron chi connectivity index (χ4n) is 2.86. The summed E-state index contributed by atoms with van der Waals surface area (Å²) in [6.07, 6.45) is 7.25. The van der Waals surface area contributed by atoms with Crippen molar-refractivity contribution in [1.29, 1.82) is 0 Å². The molecule has 5 heteroatoms. The number of piperidine rings is 1. The molecular weight excluding hydrogens is 294 g/mol. The molecule has 1 atom stereocenters. The van der Waals surface area contributed by atoms with Crippen LogP contribution in [0.3, 0.4) is 0 Å². The van der Waals surface area contributed by atoms with Gasteiger partial charge in [0, 0.05) is 49.3 Å². The molecule has 0 N–H and O–H groups in total. The number of hydrogen-bond acceptors (Lipinski definition) is 4. The third-order valence-corrected chi connectivity index (χ3v) is 4.98. The SMILES string of the molecule is CC1CCCN(C(=O)CCc2nc(-c3cccnc3)cs2)C1. The number of likely N-dealkylation sites (tertiary alicyclic amines) is 1. The molecule has 2 aromatic rings. The van der Waals surface area contributed by atoms with Gasteiger partial charge in [-0.25, -0.2) is 4.98 Å². The first-order valence-electron chi connectivity index (χ1n) is 7.85. The summed E-state index contributed by atoms with van der Waals surface area (Å²) in [5, 5.41) is 3.07. The van der Waals surface area contributed by atoms with E-state index in [4.69, 9.17) is 0 Å². The summed E-state index contributed by atoms with van der Waals surface area (Å²) in [6.45, 7) is 4.06. The van der Waals surface area contributed by atoms with Gasteiger partial charge in [0.15, 0.2) is 0 Å². The van der Waals surface area contributed by atoms with E-state index in [1.165, 1.54) is 6.42 Å². The molecule has 0 saturated carbocycles. The largest absolute Gasteiger partial charge is 0.342 e. The van der Waals surface area contributed by atoms with Crippen molar-refractivity contribution in [1.82, 2.24) is 14.9 Å². The number of aryl methyl sites for hydroxylation is 1. The van der Waals surface area contributed by atoms with Gasteiger partial charge in [-0.1, -0.05) is 6.92 Å². The van der Waals surface area contributed by atoms with Crippen LogP contribution in [0.25, 0.3) is 11.3 Å². The minimum atomic E-state index is 0.268. The molecule has 2 aromatic heterocycles. The van der Waals surface area contributed by atoms with Gasteiger partial charge in [0.05, 0.1) is 10.7 Å². The van der Waals surface area contributed by atoms with Crippen molar-refractivity contribution in [2.45, 2.75) is 32.6 Å². The Morgan fingerprint density at radius 1 is 1.50 bits per heavy atom. The zero-order valence-corrected chi connectivity index (χ0v) is 13.7. The van der Waals surface area contributed by atoms with Crippen LogP contribution in [0.1, 0.15) is 31.2 Å². The average molecular weight is 315 g/mol. The highest BCUT2D eigenvalue weighted by Gasteiger charge is 2.20. The van der Waals surface area contributed by atoms with Gasteiger partial charge >= 0.3 is 0 Å². The molecule has 1 aliphatic heterocycles. The monoisotopic (exact) mass is 315 g/mol. The zero-order valence-electron chi connectivity index (χ0n) is 12.9. The quantitative estimate of drug-likeness (QED) is 0.869. The maximum atomic E-state index is 12.3. The molecule has 1 fully saturated rings. The lowest BCUT2D eigenvalue weighted by molar-refractivity contribution is -0.132. The molecule has 22 heavy (non-hydrogen) atoms. The standard InChI is InChI=1S/C17H21N3OS/c1-13-4-3-9-20(11-13)17(21)7-6-16-19-15(12-22-16)14-5-2-8-18-10-14/h2,5,8,10,12-13H,3-4,6-7,9,11H2,1H3. The molecule has 3 heterocycles. The number of hydrogen-bond donors (Lipinski definition) is 0. The van der Waals surface area contributed by atoms with Gasteiger partial charge in [-0.15, -0.1) is 11.3 Å². The molecule has 0 aromatic carbocycles. The minimum absolute atomic E-state index is 0.268. The van der Waals surface area contributed by atoms with E-state index in [1.807, 2.05) is 28.6 Å². The predicted molar refractivity (Wildman–Crippen MR) is 88.6 cm³/mol. The van der Waals surface area contributed by atoms with Crippen molar-refractivity contribution in [3.8, 4) is 11.3 Å².